The predicted molar refractivity (Wildman–Crippen MR) is 74.3 cm³/mol. The van der Waals surface area contributed by atoms with Crippen molar-refractivity contribution in [2.75, 3.05) is 60.2 Å². The molecule has 1 N–H and O–H groups in total. The van der Waals surface area contributed by atoms with Crippen molar-refractivity contribution in [2.45, 2.75) is 19.9 Å². The topological polar surface area (TPSA) is 60.0 Å². The van der Waals surface area contributed by atoms with Crippen LogP contribution in [-0.4, -0.2) is 77.1 Å². The van der Waals surface area contributed by atoms with Gasteiger partial charge in [0.15, 0.2) is 0 Å². The SMILES string of the molecule is CCOCCN(CCOCC)CC(NC)C(=O)OC. The lowest BCUT2D eigenvalue weighted by atomic mass is 10.2. The van der Waals surface area contributed by atoms with Gasteiger partial charge in [-0.05, 0) is 20.9 Å². The standard InChI is InChI=1S/C13H28N2O4/c1-5-18-9-7-15(8-10-19-6-2)11-12(14-3)13(16)17-4/h12,14H,5-11H2,1-4H3. The van der Waals surface area contributed by atoms with Gasteiger partial charge in [-0.2, -0.15) is 0 Å². The smallest absolute Gasteiger partial charge is 0.324 e. The number of hydrogen-bond donors (Lipinski definition) is 1. The third kappa shape index (κ3) is 8.93. The van der Waals surface area contributed by atoms with Crippen LogP contribution in [0.2, 0.25) is 0 Å². The maximum Gasteiger partial charge on any atom is 0.324 e. The molecular formula is C13H28N2O4. The van der Waals surface area contributed by atoms with Crippen LogP contribution in [0.5, 0.6) is 0 Å². The van der Waals surface area contributed by atoms with Crippen LogP contribution in [-0.2, 0) is 19.0 Å². The molecule has 0 radical (unpaired) electrons. The number of hydrogen-bond acceptors (Lipinski definition) is 6. The Hall–Kier alpha value is -0.690. The molecule has 0 saturated heterocycles. The second-order valence-electron chi connectivity index (χ2n) is 4.06. The molecule has 1 unspecified atom stereocenters. The van der Waals surface area contributed by atoms with E-state index in [1.807, 2.05) is 13.8 Å². The Morgan fingerprint density at radius 3 is 2.05 bits per heavy atom. The molecule has 0 aromatic heterocycles. The zero-order valence-electron chi connectivity index (χ0n) is 12.6. The number of rotatable bonds is 12. The lowest BCUT2D eigenvalue weighted by molar-refractivity contribution is -0.143. The highest BCUT2D eigenvalue weighted by Crippen LogP contribution is 1.96. The molecule has 6 nitrogen and oxygen atoms in total. The average molecular weight is 276 g/mol. The van der Waals surface area contributed by atoms with Crippen molar-refractivity contribution in [3.63, 3.8) is 0 Å². The van der Waals surface area contributed by atoms with Gasteiger partial charge in [-0.3, -0.25) is 9.69 Å². The van der Waals surface area contributed by atoms with Crippen molar-refractivity contribution in [2.24, 2.45) is 0 Å². The number of ether oxygens (including phenoxy) is 3. The monoisotopic (exact) mass is 276 g/mol. The fourth-order valence-corrected chi connectivity index (χ4v) is 1.65. The summed E-state index contributed by atoms with van der Waals surface area (Å²) in [5, 5.41) is 2.97. The lowest BCUT2D eigenvalue weighted by Gasteiger charge is -2.25. The molecule has 0 aromatic rings. The van der Waals surface area contributed by atoms with Crippen LogP contribution < -0.4 is 5.32 Å². The first-order valence-corrected chi connectivity index (χ1v) is 6.82. The van der Waals surface area contributed by atoms with Gasteiger partial charge in [-0.1, -0.05) is 0 Å². The van der Waals surface area contributed by atoms with Gasteiger partial charge < -0.3 is 19.5 Å². The fourth-order valence-electron chi connectivity index (χ4n) is 1.65. The molecule has 0 fully saturated rings. The summed E-state index contributed by atoms with van der Waals surface area (Å²) in [6, 6.07) is -0.326. The molecule has 0 bridgehead atoms. The molecule has 1 atom stereocenters. The number of methoxy groups -OCH3 is 1. The molecule has 0 rings (SSSR count). The first-order valence-electron chi connectivity index (χ1n) is 6.82. The van der Waals surface area contributed by atoms with Crippen molar-refractivity contribution in [1.82, 2.24) is 10.2 Å². The maximum atomic E-state index is 11.6. The molecule has 0 aliphatic carbocycles. The quantitative estimate of drug-likeness (QED) is 0.404. The summed E-state index contributed by atoms with van der Waals surface area (Å²) in [5.41, 5.74) is 0. The minimum atomic E-state index is -0.326. The summed E-state index contributed by atoms with van der Waals surface area (Å²) < 4.78 is 15.5. The van der Waals surface area contributed by atoms with E-state index in [9.17, 15) is 4.79 Å². The number of esters is 1. The van der Waals surface area contributed by atoms with Crippen LogP contribution in [0.15, 0.2) is 0 Å². The Kier molecular flexibility index (Phi) is 11.9. The molecule has 0 spiro atoms. The Morgan fingerprint density at radius 2 is 1.68 bits per heavy atom. The Morgan fingerprint density at radius 1 is 1.16 bits per heavy atom. The molecule has 6 heteroatoms. The van der Waals surface area contributed by atoms with Gasteiger partial charge >= 0.3 is 5.97 Å². The van der Waals surface area contributed by atoms with Crippen molar-refractivity contribution in [1.29, 1.82) is 0 Å². The van der Waals surface area contributed by atoms with E-state index in [-0.39, 0.29) is 12.0 Å². The van der Waals surface area contributed by atoms with Crippen LogP contribution in [0.4, 0.5) is 0 Å². The second-order valence-corrected chi connectivity index (χ2v) is 4.06. The third-order valence-electron chi connectivity index (χ3n) is 2.79. The summed E-state index contributed by atoms with van der Waals surface area (Å²) in [6.07, 6.45) is 0. The fraction of sp³-hybridized carbons (Fsp3) is 0.923. The van der Waals surface area contributed by atoms with E-state index in [0.29, 0.717) is 33.0 Å². The zero-order chi connectivity index (χ0) is 14.5. The molecule has 114 valence electrons. The number of nitrogens with zero attached hydrogens (tertiary/aromatic N) is 1. The first-order chi connectivity index (χ1) is 9.19. The van der Waals surface area contributed by atoms with Gasteiger partial charge in [-0.25, -0.2) is 0 Å². The molecule has 0 heterocycles. The molecule has 0 amide bonds. The summed E-state index contributed by atoms with van der Waals surface area (Å²) >= 11 is 0. The van der Waals surface area contributed by atoms with Crippen molar-refractivity contribution in [3.8, 4) is 0 Å². The number of nitrogens with one attached hydrogen (secondary N) is 1. The van der Waals surface area contributed by atoms with Gasteiger partial charge in [0.2, 0.25) is 0 Å². The highest BCUT2D eigenvalue weighted by atomic mass is 16.5. The second kappa shape index (κ2) is 12.3. The molecule has 0 saturated carbocycles. The summed E-state index contributed by atoms with van der Waals surface area (Å²) in [7, 11) is 3.16. The highest BCUT2D eigenvalue weighted by Gasteiger charge is 2.20. The summed E-state index contributed by atoms with van der Waals surface area (Å²) in [6.45, 7) is 8.78. The van der Waals surface area contributed by atoms with E-state index < -0.39 is 0 Å². The molecule has 19 heavy (non-hydrogen) atoms. The van der Waals surface area contributed by atoms with E-state index >= 15 is 0 Å². The average Bonchev–Trinajstić information content (AvgIpc) is 2.43. The lowest BCUT2D eigenvalue weighted by Crippen LogP contribution is -2.47. The minimum Gasteiger partial charge on any atom is -0.468 e. The van der Waals surface area contributed by atoms with Crippen LogP contribution in [0.25, 0.3) is 0 Å². The Bertz CT molecular complexity index is 217. The number of likely N-dealkylation sites (N-methyl/N-ethyl adjacent to an activating group) is 1. The highest BCUT2D eigenvalue weighted by molar-refractivity contribution is 5.75. The first kappa shape index (κ1) is 18.3. The maximum absolute atomic E-state index is 11.6. The van der Waals surface area contributed by atoms with Gasteiger partial charge in [-0.15, -0.1) is 0 Å². The van der Waals surface area contributed by atoms with Gasteiger partial charge in [0.25, 0.3) is 0 Å². The molecular weight excluding hydrogens is 248 g/mol. The largest absolute Gasteiger partial charge is 0.468 e. The summed E-state index contributed by atoms with van der Waals surface area (Å²) in [5.74, 6) is -0.250. The zero-order valence-corrected chi connectivity index (χ0v) is 12.6. The summed E-state index contributed by atoms with van der Waals surface area (Å²) in [4.78, 5) is 13.7. The third-order valence-corrected chi connectivity index (χ3v) is 2.79. The minimum absolute atomic E-state index is 0.250. The number of carbonyl (C=O) groups excluding carboxylic acids is 1. The van der Waals surface area contributed by atoms with Crippen molar-refractivity contribution in [3.05, 3.63) is 0 Å². The number of carbonyl (C=O) groups is 1. The molecule has 0 aliphatic heterocycles. The van der Waals surface area contributed by atoms with Crippen LogP contribution in [0.3, 0.4) is 0 Å². The molecule has 0 aliphatic rings. The van der Waals surface area contributed by atoms with E-state index in [4.69, 9.17) is 14.2 Å². The van der Waals surface area contributed by atoms with Gasteiger partial charge in [0.05, 0.1) is 20.3 Å². The van der Waals surface area contributed by atoms with Crippen molar-refractivity contribution < 1.29 is 19.0 Å². The van der Waals surface area contributed by atoms with E-state index in [2.05, 4.69) is 10.2 Å². The Balaban J connectivity index is 4.23. The normalized spacial score (nSPS) is 12.7. The van der Waals surface area contributed by atoms with E-state index in [0.717, 1.165) is 13.1 Å². The molecule has 0 aromatic carbocycles. The van der Waals surface area contributed by atoms with Gasteiger partial charge in [0, 0.05) is 32.8 Å². The van der Waals surface area contributed by atoms with Crippen LogP contribution in [0.1, 0.15) is 13.8 Å². The van der Waals surface area contributed by atoms with Gasteiger partial charge in [0.1, 0.15) is 6.04 Å². The Labute approximate surface area is 116 Å². The van der Waals surface area contributed by atoms with E-state index in [1.165, 1.54) is 7.11 Å². The van der Waals surface area contributed by atoms with E-state index in [1.54, 1.807) is 7.05 Å². The van der Waals surface area contributed by atoms with Crippen LogP contribution in [0, 0.1) is 0 Å². The predicted octanol–water partition coefficient (Wildman–Crippen LogP) is 0.122. The van der Waals surface area contributed by atoms with Crippen molar-refractivity contribution >= 4 is 5.97 Å². The van der Waals surface area contributed by atoms with Crippen LogP contribution >= 0.6 is 0 Å².